The van der Waals surface area contributed by atoms with E-state index < -0.39 is 0 Å². The first-order chi connectivity index (χ1) is 10.1. The van der Waals surface area contributed by atoms with Crippen LogP contribution in [0, 0.1) is 17.7 Å². The third-order valence-corrected chi connectivity index (χ3v) is 4.86. The van der Waals surface area contributed by atoms with Crippen molar-refractivity contribution in [2.45, 2.75) is 24.9 Å². The zero-order chi connectivity index (χ0) is 14.6. The Bertz CT molecular complexity index is 588. The normalized spacial score (nSPS) is 31.2. The first kappa shape index (κ1) is 13.1. The van der Waals surface area contributed by atoms with Crippen LogP contribution in [0.25, 0.3) is 0 Å². The van der Waals surface area contributed by atoms with Gasteiger partial charge in [-0.2, -0.15) is 0 Å². The number of benzene rings is 1. The molecular formula is C16H19FN2O2. The molecule has 2 heterocycles. The van der Waals surface area contributed by atoms with Crippen molar-refractivity contribution in [1.82, 2.24) is 10.2 Å². The molecule has 3 aliphatic rings. The number of halogens is 1. The van der Waals surface area contributed by atoms with Crippen LogP contribution in [0.2, 0.25) is 0 Å². The van der Waals surface area contributed by atoms with Crippen LogP contribution in [0.5, 0.6) is 5.75 Å². The van der Waals surface area contributed by atoms with Crippen LogP contribution in [0.1, 0.15) is 24.4 Å². The molecule has 1 aliphatic carbocycles. The third kappa shape index (κ3) is 2.20. The quantitative estimate of drug-likeness (QED) is 0.901. The first-order valence-electron chi connectivity index (χ1n) is 7.56. The largest absolute Gasteiger partial charge is 0.493 e. The summed E-state index contributed by atoms with van der Waals surface area (Å²) in [6, 6.07) is 5.09. The van der Waals surface area contributed by atoms with Gasteiger partial charge in [-0.3, -0.25) is 9.69 Å². The van der Waals surface area contributed by atoms with Gasteiger partial charge in [0.25, 0.3) is 0 Å². The Labute approximate surface area is 123 Å². The highest BCUT2D eigenvalue weighted by Gasteiger charge is 2.48. The van der Waals surface area contributed by atoms with Crippen molar-refractivity contribution in [2.24, 2.45) is 11.8 Å². The summed E-state index contributed by atoms with van der Waals surface area (Å²) < 4.78 is 19.3. The van der Waals surface area contributed by atoms with Crippen LogP contribution in [0.3, 0.4) is 0 Å². The number of hydrogen-bond donors (Lipinski definition) is 1. The molecule has 1 amide bonds. The van der Waals surface area contributed by atoms with Crippen molar-refractivity contribution < 1.29 is 13.9 Å². The van der Waals surface area contributed by atoms with E-state index in [4.69, 9.17) is 4.74 Å². The lowest BCUT2D eigenvalue weighted by molar-refractivity contribution is -0.126. The average Bonchev–Trinajstić information content (AvgIpc) is 3.20. The molecule has 4 rings (SSSR count). The van der Waals surface area contributed by atoms with Gasteiger partial charge < -0.3 is 10.1 Å². The Kier molecular flexibility index (Phi) is 2.92. The fraction of sp³-hybridized carbons (Fsp3) is 0.562. The molecule has 1 N–H and O–H groups in total. The van der Waals surface area contributed by atoms with E-state index in [-0.39, 0.29) is 29.6 Å². The minimum Gasteiger partial charge on any atom is -0.493 e. The molecule has 21 heavy (non-hydrogen) atoms. The van der Waals surface area contributed by atoms with Crippen molar-refractivity contribution in [3.63, 3.8) is 0 Å². The highest BCUT2D eigenvalue weighted by atomic mass is 19.1. The van der Waals surface area contributed by atoms with Gasteiger partial charge in [0.2, 0.25) is 5.91 Å². The molecule has 0 radical (unpaired) electrons. The zero-order valence-corrected chi connectivity index (χ0v) is 12.0. The number of nitrogens with zero attached hydrogens (tertiary/aromatic N) is 1. The average molecular weight is 290 g/mol. The molecule has 2 aliphatic heterocycles. The Morgan fingerprint density at radius 3 is 3.00 bits per heavy atom. The van der Waals surface area contributed by atoms with Crippen LogP contribution < -0.4 is 10.1 Å². The minimum absolute atomic E-state index is 0.0689. The number of nitrogens with one attached hydrogen (secondary N) is 1. The summed E-state index contributed by atoms with van der Waals surface area (Å²) in [6.45, 7) is 1.23. The van der Waals surface area contributed by atoms with Crippen molar-refractivity contribution in [2.75, 3.05) is 20.2 Å². The second kappa shape index (κ2) is 4.70. The second-order valence-electron chi connectivity index (χ2n) is 6.43. The summed E-state index contributed by atoms with van der Waals surface area (Å²) in [7, 11) is 2.00. The van der Waals surface area contributed by atoms with Gasteiger partial charge in [-0.25, -0.2) is 4.39 Å². The molecule has 1 aromatic carbocycles. The fourth-order valence-electron chi connectivity index (χ4n) is 3.66. The Hall–Kier alpha value is -1.62. The number of carbonyl (C=O) groups excluding carboxylic acids is 1. The zero-order valence-electron chi connectivity index (χ0n) is 12.0. The molecule has 5 heteroatoms. The van der Waals surface area contributed by atoms with Gasteiger partial charge in [0.15, 0.2) is 0 Å². The maximum atomic E-state index is 13.6. The van der Waals surface area contributed by atoms with E-state index in [1.165, 1.54) is 6.07 Å². The standard InChI is InChI=1S/C16H19FN2O2/c1-19-7-12(16(20)18-10-3-4-10)13-8-21-14-5-2-9(17)6-11(14)15(13)19/h2,5-6,10,12-13,15H,3-4,7-8H2,1H3,(H,18,20)/t12-,13+,15+/m1/s1. The summed E-state index contributed by atoms with van der Waals surface area (Å²) in [4.78, 5) is 14.6. The van der Waals surface area contributed by atoms with Crippen molar-refractivity contribution in [3.8, 4) is 5.75 Å². The molecule has 2 fully saturated rings. The molecule has 1 aromatic rings. The van der Waals surface area contributed by atoms with Gasteiger partial charge in [-0.15, -0.1) is 0 Å². The maximum absolute atomic E-state index is 13.6. The molecule has 3 atom stereocenters. The Morgan fingerprint density at radius 2 is 2.24 bits per heavy atom. The van der Waals surface area contributed by atoms with E-state index in [0.717, 1.165) is 24.2 Å². The molecule has 1 saturated carbocycles. The van der Waals surface area contributed by atoms with Gasteiger partial charge >= 0.3 is 0 Å². The SMILES string of the molecule is CN1C[C@@H](C(=O)NC2CC2)[C@@H]2COc3ccc(F)cc3[C@@H]21. The highest BCUT2D eigenvalue weighted by molar-refractivity contribution is 5.80. The number of amides is 1. The lowest BCUT2D eigenvalue weighted by Gasteiger charge is -2.33. The summed E-state index contributed by atoms with van der Waals surface area (Å²) >= 11 is 0. The molecule has 4 nitrogen and oxygen atoms in total. The number of rotatable bonds is 2. The predicted molar refractivity (Wildman–Crippen MR) is 75.4 cm³/mol. The van der Waals surface area contributed by atoms with Crippen LogP contribution in [-0.2, 0) is 4.79 Å². The van der Waals surface area contributed by atoms with Gasteiger partial charge in [0, 0.05) is 30.1 Å². The molecule has 1 saturated heterocycles. The van der Waals surface area contributed by atoms with E-state index in [1.807, 2.05) is 7.05 Å². The highest BCUT2D eigenvalue weighted by Crippen LogP contribution is 2.46. The number of ether oxygens (including phenoxy) is 1. The lowest BCUT2D eigenvalue weighted by Crippen LogP contribution is -2.39. The van der Waals surface area contributed by atoms with Crippen LogP contribution in [-0.4, -0.2) is 37.0 Å². The van der Waals surface area contributed by atoms with E-state index in [1.54, 1.807) is 12.1 Å². The van der Waals surface area contributed by atoms with Gasteiger partial charge in [-0.1, -0.05) is 0 Å². The van der Waals surface area contributed by atoms with Crippen molar-refractivity contribution in [3.05, 3.63) is 29.6 Å². The summed E-state index contributed by atoms with van der Waals surface area (Å²) in [5.74, 6) is 0.644. The Morgan fingerprint density at radius 1 is 1.43 bits per heavy atom. The number of fused-ring (bicyclic) bond motifs is 3. The summed E-state index contributed by atoms with van der Waals surface area (Å²) in [5, 5.41) is 3.09. The number of likely N-dealkylation sites (tertiary alicyclic amines) is 1. The molecule has 0 spiro atoms. The predicted octanol–water partition coefficient (Wildman–Crippen LogP) is 1.72. The molecule has 0 bridgehead atoms. The van der Waals surface area contributed by atoms with E-state index in [0.29, 0.717) is 19.2 Å². The first-order valence-corrected chi connectivity index (χ1v) is 7.56. The van der Waals surface area contributed by atoms with E-state index >= 15 is 0 Å². The molecule has 0 unspecified atom stereocenters. The van der Waals surface area contributed by atoms with Crippen LogP contribution in [0.15, 0.2) is 18.2 Å². The third-order valence-electron chi connectivity index (χ3n) is 4.86. The summed E-state index contributed by atoms with van der Waals surface area (Å²) in [5.41, 5.74) is 0.871. The topological polar surface area (TPSA) is 41.6 Å². The van der Waals surface area contributed by atoms with E-state index in [2.05, 4.69) is 10.2 Å². The fourth-order valence-corrected chi connectivity index (χ4v) is 3.66. The molecule has 112 valence electrons. The van der Waals surface area contributed by atoms with Crippen LogP contribution in [0.4, 0.5) is 4.39 Å². The lowest BCUT2D eigenvalue weighted by atomic mass is 9.85. The minimum atomic E-state index is -0.253. The van der Waals surface area contributed by atoms with E-state index in [9.17, 15) is 9.18 Å². The van der Waals surface area contributed by atoms with Crippen LogP contribution >= 0.6 is 0 Å². The Balaban J connectivity index is 1.62. The van der Waals surface area contributed by atoms with Crippen molar-refractivity contribution in [1.29, 1.82) is 0 Å². The second-order valence-corrected chi connectivity index (χ2v) is 6.43. The van der Waals surface area contributed by atoms with Gasteiger partial charge in [-0.05, 0) is 38.1 Å². The summed E-state index contributed by atoms with van der Waals surface area (Å²) in [6.07, 6.45) is 2.18. The number of carbonyl (C=O) groups is 1. The number of hydrogen-bond acceptors (Lipinski definition) is 3. The van der Waals surface area contributed by atoms with Gasteiger partial charge in [0.05, 0.1) is 12.5 Å². The maximum Gasteiger partial charge on any atom is 0.225 e. The molecular weight excluding hydrogens is 271 g/mol. The van der Waals surface area contributed by atoms with Gasteiger partial charge in [0.1, 0.15) is 11.6 Å². The monoisotopic (exact) mass is 290 g/mol. The smallest absolute Gasteiger partial charge is 0.225 e. The van der Waals surface area contributed by atoms with Crippen molar-refractivity contribution >= 4 is 5.91 Å². The molecule has 0 aromatic heterocycles.